The molecule has 0 aliphatic heterocycles. The molecule has 0 saturated carbocycles. The summed E-state index contributed by atoms with van der Waals surface area (Å²) in [7, 11) is 0. The number of hydrogen-bond donors (Lipinski definition) is 1. The largest absolute Gasteiger partial charge is 0.494 e. The molecule has 3 aromatic carbocycles. The fourth-order valence-electron chi connectivity index (χ4n) is 3.04. The molecule has 1 amide bonds. The zero-order valence-electron chi connectivity index (χ0n) is 16.9. The van der Waals surface area contributed by atoms with E-state index in [0.717, 1.165) is 15.6 Å². The van der Waals surface area contributed by atoms with Crippen molar-refractivity contribution in [3.63, 3.8) is 0 Å². The first-order chi connectivity index (χ1) is 15.0. The van der Waals surface area contributed by atoms with Gasteiger partial charge in [-0.25, -0.2) is 0 Å². The maximum atomic E-state index is 12.5. The molecule has 0 bridgehead atoms. The lowest BCUT2D eigenvalue weighted by molar-refractivity contribution is -0.112. The van der Waals surface area contributed by atoms with Crippen LogP contribution in [0.15, 0.2) is 76.8 Å². The molecule has 1 N–H and O–H groups in total. The number of nitrogens with zero attached hydrogens (tertiary/aromatic N) is 1. The van der Waals surface area contributed by atoms with E-state index in [4.69, 9.17) is 16.3 Å². The maximum absolute atomic E-state index is 12.5. The number of carbonyl (C=O) groups excluding carboxylic acids is 1. The van der Waals surface area contributed by atoms with Gasteiger partial charge in [-0.2, -0.15) is 5.26 Å². The third-order valence-electron chi connectivity index (χ3n) is 4.51. The second-order valence-corrected chi connectivity index (χ2v) is 7.93. The van der Waals surface area contributed by atoms with Crippen LogP contribution in [0.1, 0.15) is 23.6 Å². The minimum Gasteiger partial charge on any atom is -0.494 e. The average Bonchev–Trinajstić information content (AvgIpc) is 2.76. The quantitative estimate of drug-likeness (QED) is 0.295. The summed E-state index contributed by atoms with van der Waals surface area (Å²) in [6.45, 7) is 2.39. The summed E-state index contributed by atoms with van der Waals surface area (Å²) in [6.07, 6.45) is 2.13. The summed E-state index contributed by atoms with van der Waals surface area (Å²) < 4.78 is 6.67. The topological polar surface area (TPSA) is 62.1 Å². The van der Waals surface area contributed by atoms with Gasteiger partial charge in [0.1, 0.15) is 17.4 Å². The molecule has 0 aliphatic carbocycles. The third kappa shape index (κ3) is 5.97. The molecule has 0 aliphatic rings. The fourth-order valence-corrected chi connectivity index (χ4v) is 3.84. The first-order valence-corrected chi connectivity index (χ1v) is 10.9. The Kier molecular flexibility index (Phi) is 7.88. The molecule has 6 heteroatoms. The highest BCUT2D eigenvalue weighted by Crippen LogP contribution is 2.33. The van der Waals surface area contributed by atoms with Crippen LogP contribution < -0.4 is 10.1 Å². The molecule has 3 rings (SSSR count). The Labute approximate surface area is 195 Å². The molecular weight excluding hydrogens is 476 g/mol. The highest BCUT2D eigenvalue weighted by Gasteiger charge is 2.15. The van der Waals surface area contributed by atoms with E-state index in [1.54, 1.807) is 18.2 Å². The molecule has 0 unspecified atom stereocenters. The van der Waals surface area contributed by atoms with Gasteiger partial charge in [0.15, 0.2) is 0 Å². The van der Waals surface area contributed by atoms with Gasteiger partial charge in [-0.15, -0.1) is 0 Å². The van der Waals surface area contributed by atoms with Crippen molar-refractivity contribution >= 4 is 45.2 Å². The predicted octanol–water partition coefficient (Wildman–Crippen LogP) is 6.64. The van der Waals surface area contributed by atoms with Gasteiger partial charge in [0.25, 0.3) is 5.91 Å². The number of carbonyl (C=O) groups is 1. The molecule has 4 nitrogen and oxygen atoms in total. The normalized spacial score (nSPS) is 11.0. The molecule has 0 radical (unpaired) electrons. The summed E-state index contributed by atoms with van der Waals surface area (Å²) in [5.41, 5.74) is 3.23. The van der Waals surface area contributed by atoms with Crippen LogP contribution in [0.3, 0.4) is 0 Å². The lowest BCUT2D eigenvalue weighted by Gasteiger charge is -2.15. The van der Waals surface area contributed by atoms with Crippen molar-refractivity contribution in [1.82, 2.24) is 0 Å². The number of anilines is 1. The van der Waals surface area contributed by atoms with Crippen molar-refractivity contribution in [3.8, 4) is 11.8 Å². The van der Waals surface area contributed by atoms with Gasteiger partial charge < -0.3 is 10.1 Å². The van der Waals surface area contributed by atoms with E-state index in [1.807, 2.05) is 67.6 Å². The highest BCUT2D eigenvalue weighted by atomic mass is 79.9. The zero-order chi connectivity index (χ0) is 22.2. The number of hydrogen-bond acceptors (Lipinski definition) is 3. The van der Waals surface area contributed by atoms with E-state index in [0.29, 0.717) is 35.1 Å². The number of nitriles is 1. The van der Waals surface area contributed by atoms with Gasteiger partial charge in [0, 0.05) is 27.2 Å². The van der Waals surface area contributed by atoms with Gasteiger partial charge >= 0.3 is 0 Å². The second-order valence-electron chi connectivity index (χ2n) is 6.67. The van der Waals surface area contributed by atoms with Crippen molar-refractivity contribution in [2.24, 2.45) is 0 Å². The number of halogens is 2. The number of nitrogens with one attached hydrogen (secondary N) is 1. The Morgan fingerprint density at radius 2 is 1.87 bits per heavy atom. The molecule has 156 valence electrons. The number of amides is 1. The van der Waals surface area contributed by atoms with Gasteiger partial charge in [0.2, 0.25) is 0 Å². The van der Waals surface area contributed by atoms with Crippen LogP contribution in [-0.4, -0.2) is 12.5 Å². The molecule has 0 saturated heterocycles. The first-order valence-electron chi connectivity index (χ1n) is 9.68. The maximum Gasteiger partial charge on any atom is 0.266 e. The summed E-state index contributed by atoms with van der Waals surface area (Å²) >= 11 is 9.95. The summed E-state index contributed by atoms with van der Waals surface area (Å²) in [6, 6.07) is 22.3. The SMILES string of the molecule is CCOc1cc(/C=C(\C#N)C(=O)Nc2ccccc2)cc(Br)c1Cc1ccccc1Cl. The van der Waals surface area contributed by atoms with E-state index < -0.39 is 5.91 Å². The van der Waals surface area contributed by atoms with Crippen LogP contribution in [0, 0.1) is 11.3 Å². The summed E-state index contributed by atoms with van der Waals surface area (Å²) in [5.74, 6) is 0.201. The zero-order valence-corrected chi connectivity index (χ0v) is 19.2. The van der Waals surface area contributed by atoms with Gasteiger partial charge in [-0.1, -0.05) is 63.9 Å². The third-order valence-corrected chi connectivity index (χ3v) is 5.59. The molecule has 0 atom stereocenters. The van der Waals surface area contributed by atoms with E-state index in [-0.39, 0.29) is 5.57 Å². The Morgan fingerprint density at radius 1 is 1.16 bits per heavy atom. The van der Waals surface area contributed by atoms with Crippen molar-refractivity contribution in [2.75, 3.05) is 11.9 Å². The molecular formula is C25H20BrClN2O2. The fraction of sp³-hybridized carbons (Fsp3) is 0.120. The van der Waals surface area contributed by atoms with Crippen LogP contribution in [0.5, 0.6) is 5.75 Å². The van der Waals surface area contributed by atoms with E-state index in [2.05, 4.69) is 21.2 Å². The molecule has 0 aromatic heterocycles. The van der Waals surface area contributed by atoms with Crippen molar-refractivity contribution in [1.29, 1.82) is 5.26 Å². The lowest BCUT2D eigenvalue weighted by Crippen LogP contribution is -2.13. The van der Waals surface area contributed by atoms with E-state index >= 15 is 0 Å². The molecule has 31 heavy (non-hydrogen) atoms. The highest BCUT2D eigenvalue weighted by molar-refractivity contribution is 9.10. The molecule has 0 spiro atoms. The Bertz CT molecular complexity index is 1150. The van der Waals surface area contributed by atoms with Gasteiger partial charge in [-0.05, 0) is 54.5 Å². The smallest absolute Gasteiger partial charge is 0.266 e. The minimum atomic E-state index is -0.470. The Morgan fingerprint density at radius 3 is 2.55 bits per heavy atom. The molecule has 0 fully saturated rings. The van der Waals surface area contributed by atoms with Crippen LogP contribution in [0.4, 0.5) is 5.69 Å². The Balaban J connectivity index is 1.93. The molecule has 0 heterocycles. The number of ether oxygens (including phenoxy) is 1. The Hall–Kier alpha value is -3.07. The monoisotopic (exact) mass is 494 g/mol. The van der Waals surface area contributed by atoms with Crippen LogP contribution in [-0.2, 0) is 11.2 Å². The summed E-state index contributed by atoms with van der Waals surface area (Å²) in [4.78, 5) is 12.5. The number of para-hydroxylation sites is 1. The van der Waals surface area contributed by atoms with Crippen molar-refractivity contribution in [3.05, 3.63) is 98.5 Å². The second kappa shape index (κ2) is 10.8. The first kappa shape index (κ1) is 22.6. The molecule has 3 aromatic rings. The van der Waals surface area contributed by atoms with Crippen LogP contribution >= 0.6 is 27.5 Å². The van der Waals surface area contributed by atoms with Gasteiger partial charge in [0.05, 0.1) is 6.61 Å². The van der Waals surface area contributed by atoms with Crippen LogP contribution in [0.2, 0.25) is 5.02 Å². The van der Waals surface area contributed by atoms with Crippen molar-refractivity contribution < 1.29 is 9.53 Å². The minimum absolute atomic E-state index is 0.00273. The van der Waals surface area contributed by atoms with Crippen LogP contribution in [0.25, 0.3) is 6.08 Å². The van der Waals surface area contributed by atoms with Crippen molar-refractivity contribution in [2.45, 2.75) is 13.3 Å². The van der Waals surface area contributed by atoms with E-state index in [9.17, 15) is 10.1 Å². The predicted molar refractivity (Wildman–Crippen MR) is 128 cm³/mol. The lowest BCUT2D eigenvalue weighted by atomic mass is 10.0. The van der Waals surface area contributed by atoms with E-state index in [1.165, 1.54) is 0 Å². The standard InChI is InChI=1S/C25H20BrClN2O2/c1-2-31-24-14-17(12-19(16-28)25(30)29-20-9-4-3-5-10-20)13-22(26)21(24)15-18-8-6-7-11-23(18)27/h3-14H,2,15H2,1H3,(H,29,30)/b19-12+. The van der Waals surface area contributed by atoms with Gasteiger partial charge in [-0.3, -0.25) is 4.79 Å². The summed E-state index contributed by atoms with van der Waals surface area (Å²) in [5, 5.41) is 12.9. The average molecular weight is 496 g/mol. The number of rotatable bonds is 7. The number of benzene rings is 3.